The van der Waals surface area contributed by atoms with Gasteiger partial charge in [0.15, 0.2) is 0 Å². The highest BCUT2D eigenvalue weighted by atomic mass is 16.2. The summed E-state index contributed by atoms with van der Waals surface area (Å²) in [5.41, 5.74) is 1.05. The monoisotopic (exact) mass is 264 g/mol. The Morgan fingerprint density at radius 1 is 1.53 bits per heavy atom. The minimum atomic E-state index is -0.289. The summed E-state index contributed by atoms with van der Waals surface area (Å²) in [5.74, 6) is -0.250. The number of rotatable bonds is 4. The Morgan fingerprint density at radius 3 is 2.89 bits per heavy atom. The fourth-order valence-corrected chi connectivity index (χ4v) is 2.24. The van der Waals surface area contributed by atoms with Gasteiger partial charge in [0, 0.05) is 37.8 Å². The molecule has 0 bridgehead atoms. The number of likely N-dealkylation sites (tertiary alicyclic amines) is 1. The summed E-state index contributed by atoms with van der Waals surface area (Å²) in [6.45, 7) is 4.85. The second-order valence-electron chi connectivity index (χ2n) is 4.90. The Balaban J connectivity index is 2.00. The summed E-state index contributed by atoms with van der Waals surface area (Å²) >= 11 is 0. The maximum Gasteiger partial charge on any atom is 0.246 e. The lowest BCUT2D eigenvalue weighted by Crippen LogP contribution is -2.51. The zero-order valence-electron chi connectivity index (χ0n) is 11.6. The lowest BCUT2D eigenvalue weighted by Gasteiger charge is -2.30. The van der Waals surface area contributed by atoms with Crippen molar-refractivity contribution < 1.29 is 9.59 Å². The highest BCUT2D eigenvalue weighted by molar-refractivity contribution is 6.00. The van der Waals surface area contributed by atoms with Gasteiger partial charge in [0.1, 0.15) is 0 Å². The second-order valence-corrected chi connectivity index (χ2v) is 4.90. The molecule has 1 aromatic rings. The van der Waals surface area contributed by atoms with Crippen LogP contribution in [0, 0.1) is 0 Å². The molecule has 0 aromatic carbocycles. The van der Waals surface area contributed by atoms with Gasteiger partial charge < -0.3 is 0 Å². The molecule has 6 heteroatoms. The molecule has 1 aliphatic rings. The zero-order valence-corrected chi connectivity index (χ0v) is 11.6. The molecule has 1 saturated heterocycles. The van der Waals surface area contributed by atoms with Crippen molar-refractivity contribution >= 4 is 11.8 Å². The standard InChI is InChI=1S/C13H20N4O2/c1-4-17-8-10(7-14-17)9(2)15-11-5-6-12(18)16(3)13(11)19/h7-9,11,15H,4-6H2,1-3H3. The number of nitrogens with zero attached hydrogens (tertiary/aromatic N) is 3. The molecule has 2 atom stereocenters. The Morgan fingerprint density at radius 2 is 2.26 bits per heavy atom. The van der Waals surface area contributed by atoms with Crippen LogP contribution >= 0.6 is 0 Å². The third kappa shape index (κ3) is 2.84. The van der Waals surface area contributed by atoms with Crippen LogP contribution in [0.5, 0.6) is 0 Å². The van der Waals surface area contributed by atoms with Crippen LogP contribution < -0.4 is 5.32 Å². The lowest BCUT2D eigenvalue weighted by atomic mass is 10.0. The van der Waals surface area contributed by atoms with Crippen molar-refractivity contribution in [1.29, 1.82) is 0 Å². The molecule has 0 aliphatic carbocycles. The van der Waals surface area contributed by atoms with Crippen molar-refractivity contribution in [3.8, 4) is 0 Å². The van der Waals surface area contributed by atoms with Crippen LogP contribution in [0.15, 0.2) is 12.4 Å². The molecule has 2 amide bonds. The SMILES string of the molecule is CCn1cc(C(C)NC2CCC(=O)N(C)C2=O)cn1. The highest BCUT2D eigenvalue weighted by Gasteiger charge is 2.32. The minimum absolute atomic E-state index is 0.0378. The molecule has 19 heavy (non-hydrogen) atoms. The number of nitrogens with one attached hydrogen (secondary N) is 1. The van der Waals surface area contributed by atoms with Gasteiger partial charge >= 0.3 is 0 Å². The van der Waals surface area contributed by atoms with Gasteiger partial charge in [-0.3, -0.25) is 24.5 Å². The number of piperidine rings is 1. The summed E-state index contributed by atoms with van der Waals surface area (Å²) in [7, 11) is 1.54. The molecule has 1 aromatic heterocycles. The van der Waals surface area contributed by atoms with Crippen LogP contribution in [-0.4, -0.2) is 39.6 Å². The first-order valence-electron chi connectivity index (χ1n) is 6.61. The normalized spacial score (nSPS) is 21.8. The van der Waals surface area contributed by atoms with E-state index in [1.165, 1.54) is 11.9 Å². The average Bonchev–Trinajstić information content (AvgIpc) is 2.88. The van der Waals surface area contributed by atoms with Crippen LogP contribution in [0.4, 0.5) is 0 Å². The van der Waals surface area contributed by atoms with Gasteiger partial charge in [0.25, 0.3) is 0 Å². The van der Waals surface area contributed by atoms with E-state index in [0.29, 0.717) is 12.8 Å². The first-order chi connectivity index (χ1) is 9.02. The van der Waals surface area contributed by atoms with E-state index in [4.69, 9.17) is 0 Å². The fourth-order valence-electron chi connectivity index (χ4n) is 2.24. The Bertz CT molecular complexity index is 483. The van der Waals surface area contributed by atoms with Crippen LogP contribution in [0.3, 0.4) is 0 Å². The fraction of sp³-hybridized carbons (Fsp3) is 0.615. The molecule has 0 spiro atoms. The third-order valence-electron chi connectivity index (χ3n) is 3.58. The topological polar surface area (TPSA) is 67.2 Å². The van der Waals surface area contributed by atoms with Gasteiger partial charge in [-0.2, -0.15) is 5.10 Å². The minimum Gasteiger partial charge on any atom is -0.299 e. The summed E-state index contributed by atoms with van der Waals surface area (Å²) in [5, 5.41) is 7.50. The number of aryl methyl sites for hydroxylation is 1. The van der Waals surface area contributed by atoms with Gasteiger partial charge in [-0.05, 0) is 20.3 Å². The molecule has 2 rings (SSSR count). The molecule has 1 aliphatic heterocycles. The lowest BCUT2D eigenvalue weighted by molar-refractivity contribution is -0.148. The molecule has 0 saturated carbocycles. The third-order valence-corrected chi connectivity index (χ3v) is 3.58. The van der Waals surface area contributed by atoms with E-state index in [9.17, 15) is 9.59 Å². The van der Waals surface area contributed by atoms with E-state index in [-0.39, 0.29) is 23.9 Å². The van der Waals surface area contributed by atoms with Gasteiger partial charge in [-0.25, -0.2) is 0 Å². The van der Waals surface area contributed by atoms with Gasteiger partial charge in [-0.15, -0.1) is 0 Å². The predicted molar refractivity (Wildman–Crippen MR) is 70.3 cm³/mol. The molecule has 2 heterocycles. The predicted octanol–water partition coefficient (Wildman–Crippen LogP) is 0.701. The number of imide groups is 1. The van der Waals surface area contributed by atoms with Crippen molar-refractivity contribution in [2.45, 2.75) is 45.3 Å². The zero-order chi connectivity index (χ0) is 14.0. The van der Waals surface area contributed by atoms with Gasteiger partial charge in [0.2, 0.25) is 11.8 Å². The number of carbonyl (C=O) groups excluding carboxylic acids is 2. The largest absolute Gasteiger partial charge is 0.299 e. The van der Waals surface area contributed by atoms with Crippen LogP contribution in [-0.2, 0) is 16.1 Å². The first kappa shape index (κ1) is 13.7. The molecular weight excluding hydrogens is 244 g/mol. The number of likely N-dealkylation sites (N-methyl/N-ethyl adjacent to an activating group) is 1. The van der Waals surface area contributed by atoms with Gasteiger partial charge in [0.05, 0.1) is 12.2 Å². The molecule has 2 unspecified atom stereocenters. The van der Waals surface area contributed by atoms with Crippen molar-refractivity contribution in [2.75, 3.05) is 7.05 Å². The van der Waals surface area contributed by atoms with Crippen molar-refractivity contribution in [3.05, 3.63) is 18.0 Å². The smallest absolute Gasteiger partial charge is 0.246 e. The van der Waals surface area contributed by atoms with Crippen molar-refractivity contribution in [2.24, 2.45) is 0 Å². The van der Waals surface area contributed by atoms with E-state index < -0.39 is 0 Å². The van der Waals surface area contributed by atoms with E-state index in [2.05, 4.69) is 10.4 Å². The van der Waals surface area contributed by atoms with Crippen LogP contribution in [0.25, 0.3) is 0 Å². The van der Waals surface area contributed by atoms with Crippen molar-refractivity contribution in [1.82, 2.24) is 20.0 Å². The quantitative estimate of drug-likeness (QED) is 0.813. The number of amides is 2. The average molecular weight is 264 g/mol. The molecule has 6 nitrogen and oxygen atoms in total. The molecule has 1 N–H and O–H groups in total. The molecule has 0 radical (unpaired) electrons. The summed E-state index contributed by atoms with van der Waals surface area (Å²) < 4.78 is 1.85. The summed E-state index contributed by atoms with van der Waals surface area (Å²) in [6.07, 6.45) is 4.76. The highest BCUT2D eigenvalue weighted by Crippen LogP contribution is 2.17. The second kappa shape index (κ2) is 5.52. The van der Waals surface area contributed by atoms with E-state index in [1.54, 1.807) is 0 Å². The molecule has 1 fully saturated rings. The molecule has 104 valence electrons. The number of aromatic nitrogens is 2. The Labute approximate surface area is 112 Å². The number of hydrogen-bond donors (Lipinski definition) is 1. The Hall–Kier alpha value is -1.69. The van der Waals surface area contributed by atoms with Crippen LogP contribution in [0.1, 0.15) is 38.3 Å². The summed E-state index contributed by atoms with van der Waals surface area (Å²) in [6, 6.07) is -0.251. The van der Waals surface area contributed by atoms with Crippen molar-refractivity contribution in [3.63, 3.8) is 0 Å². The van der Waals surface area contributed by atoms with E-state index in [1.807, 2.05) is 30.9 Å². The number of carbonyl (C=O) groups is 2. The summed E-state index contributed by atoms with van der Waals surface area (Å²) in [4.78, 5) is 24.6. The first-order valence-corrected chi connectivity index (χ1v) is 6.61. The molecular formula is C13H20N4O2. The van der Waals surface area contributed by atoms with E-state index >= 15 is 0 Å². The van der Waals surface area contributed by atoms with Crippen LogP contribution in [0.2, 0.25) is 0 Å². The maximum atomic E-state index is 12.0. The number of hydrogen-bond acceptors (Lipinski definition) is 4. The maximum absolute atomic E-state index is 12.0. The van der Waals surface area contributed by atoms with Gasteiger partial charge in [-0.1, -0.05) is 0 Å². The Kier molecular flexibility index (Phi) is 3.99. The van der Waals surface area contributed by atoms with E-state index in [0.717, 1.165) is 12.1 Å².